The summed E-state index contributed by atoms with van der Waals surface area (Å²) in [5.74, 6) is -0.388. The van der Waals surface area contributed by atoms with Crippen LogP contribution in [-0.4, -0.2) is 33.2 Å². The first-order valence-electron chi connectivity index (χ1n) is 5.73. The Balaban J connectivity index is 2.23. The third kappa shape index (κ3) is 3.10. The number of ether oxygens (including phenoxy) is 1. The van der Waals surface area contributed by atoms with Crippen molar-refractivity contribution in [3.63, 3.8) is 0 Å². The van der Waals surface area contributed by atoms with E-state index in [0.717, 1.165) is 5.56 Å². The lowest BCUT2D eigenvalue weighted by molar-refractivity contribution is -0.117. The van der Waals surface area contributed by atoms with Gasteiger partial charge in [0.2, 0.25) is 5.91 Å². The lowest BCUT2D eigenvalue weighted by Gasteiger charge is -2.17. The number of anilines is 1. The van der Waals surface area contributed by atoms with Gasteiger partial charge in [-0.1, -0.05) is 12.1 Å². The standard InChI is InChI=1S/C12H14FNO4S/c1-18-8-9-3-2-4-10(5-9)14-7-11(6-12(14)15)19(13,16)17/h2-5,11H,6-8H2,1H3. The molecule has 1 atom stereocenters. The van der Waals surface area contributed by atoms with Crippen LogP contribution < -0.4 is 4.90 Å². The van der Waals surface area contributed by atoms with E-state index in [9.17, 15) is 17.1 Å². The second-order valence-electron chi connectivity index (χ2n) is 4.41. The minimum Gasteiger partial charge on any atom is -0.380 e. The number of methoxy groups -OCH3 is 1. The molecule has 1 amide bonds. The summed E-state index contributed by atoms with van der Waals surface area (Å²) in [5.41, 5.74) is 1.42. The van der Waals surface area contributed by atoms with Crippen molar-refractivity contribution in [1.82, 2.24) is 0 Å². The Labute approximate surface area is 111 Å². The molecule has 0 aliphatic carbocycles. The summed E-state index contributed by atoms with van der Waals surface area (Å²) in [5, 5.41) is -1.27. The highest BCUT2D eigenvalue weighted by atomic mass is 32.3. The number of hydrogen-bond acceptors (Lipinski definition) is 4. The van der Waals surface area contributed by atoms with E-state index in [-0.39, 0.29) is 18.9 Å². The summed E-state index contributed by atoms with van der Waals surface area (Å²) in [4.78, 5) is 13.1. The minimum atomic E-state index is -4.68. The van der Waals surface area contributed by atoms with Crippen molar-refractivity contribution in [3.05, 3.63) is 29.8 Å². The number of carbonyl (C=O) groups is 1. The van der Waals surface area contributed by atoms with Crippen LogP contribution in [0.2, 0.25) is 0 Å². The first-order valence-corrected chi connectivity index (χ1v) is 7.18. The summed E-state index contributed by atoms with van der Waals surface area (Å²) in [6.07, 6.45) is -0.312. The van der Waals surface area contributed by atoms with Gasteiger partial charge in [-0.25, -0.2) is 0 Å². The molecule has 1 unspecified atom stereocenters. The first kappa shape index (κ1) is 14.0. The van der Waals surface area contributed by atoms with Gasteiger partial charge in [-0.2, -0.15) is 8.42 Å². The monoisotopic (exact) mass is 287 g/mol. The molecular formula is C12H14FNO4S. The topological polar surface area (TPSA) is 63.7 Å². The number of benzene rings is 1. The number of nitrogens with zero attached hydrogens (tertiary/aromatic N) is 1. The molecule has 7 heteroatoms. The lowest BCUT2D eigenvalue weighted by Crippen LogP contribution is -2.26. The van der Waals surface area contributed by atoms with E-state index in [1.165, 1.54) is 4.90 Å². The number of carbonyl (C=O) groups excluding carboxylic acids is 1. The predicted molar refractivity (Wildman–Crippen MR) is 67.9 cm³/mol. The Morgan fingerprint density at radius 2 is 2.21 bits per heavy atom. The highest BCUT2D eigenvalue weighted by molar-refractivity contribution is 7.87. The van der Waals surface area contributed by atoms with Gasteiger partial charge in [-0.05, 0) is 17.7 Å². The van der Waals surface area contributed by atoms with Crippen LogP contribution in [0.5, 0.6) is 0 Å². The molecule has 0 bridgehead atoms. The summed E-state index contributed by atoms with van der Waals surface area (Å²) in [6, 6.07) is 6.99. The zero-order chi connectivity index (χ0) is 14.0. The van der Waals surface area contributed by atoms with E-state index in [0.29, 0.717) is 12.3 Å². The minimum absolute atomic E-state index is 0.145. The molecular weight excluding hydrogens is 273 g/mol. The van der Waals surface area contributed by atoms with Gasteiger partial charge in [-0.3, -0.25) is 4.79 Å². The largest absolute Gasteiger partial charge is 0.380 e. The van der Waals surface area contributed by atoms with Crippen molar-refractivity contribution in [3.8, 4) is 0 Å². The Hall–Kier alpha value is -1.47. The molecule has 1 saturated heterocycles. The third-order valence-corrected chi connectivity index (χ3v) is 4.13. The van der Waals surface area contributed by atoms with Crippen LogP contribution in [0.1, 0.15) is 12.0 Å². The van der Waals surface area contributed by atoms with Crippen molar-refractivity contribution >= 4 is 21.8 Å². The Morgan fingerprint density at radius 3 is 2.79 bits per heavy atom. The zero-order valence-electron chi connectivity index (χ0n) is 10.4. The molecule has 5 nitrogen and oxygen atoms in total. The number of halogens is 1. The summed E-state index contributed by atoms with van der Waals surface area (Å²) >= 11 is 0. The molecule has 104 valence electrons. The quantitative estimate of drug-likeness (QED) is 0.782. The molecule has 1 aliphatic rings. The van der Waals surface area contributed by atoms with Crippen LogP contribution in [0.15, 0.2) is 24.3 Å². The average Bonchev–Trinajstić information content (AvgIpc) is 2.72. The lowest BCUT2D eigenvalue weighted by atomic mass is 10.2. The van der Waals surface area contributed by atoms with E-state index in [4.69, 9.17) is 4.74 Å². The van der Waals surface area contributed by atoms with Gasteiger partial charge >= 0.3 is 10.2 Å². The number of rotatable bonds is 4. The van der Waals surface area contributed by atoms with Gasteiger partial charge in [0, 0.05) is 25.8 Å². The van der Waals surface area contributed by atoms with Crippen LogP contribution in [0.3, 0.4) is 0 Å². The molecule has 1 heterocycles. The summed E-state index contributed by atoms with van der Waals surface area (Å²) in [6.45, 7) is 0.245. The maximum atomic E-state index is 12.9. The fourth-order valence-electron chi connectivity index (χ4n) is 2.09. The van der Waals surface area contributed by atoms with E-state index >= 15 is 0 Å². The molecule has 19 heavy (non-hydrogen) atoms. The molecule has 2 rings (SSSR count). The average molecular weight is 287 g/mol. The second kappa shape index (κ2) is 5.26. The summed E-state index contributed by atoms with van der Waals surface area (Å²) < 4.78 is 39.6. The van der Waals surface area contributed by atoms with Crippen LogP contribution in [0.25, 0.3) is 0 Å². The Morgan fingerprint density at radius 1 is 1.47 bits per heavy atom. The maximum absolute atomic E-state index is 12.9. The molecule has 0 radical (unpaired) electrons. The SMILES string of the molecule is COCc1cccc(N2CC(S(=O)(=O)F)CC2=O)c1. The predicted octanol–water partition coefficient (Wildman–Crippen LogP) is 1.24. The molecule has 1 aromatic carbocycles. The zero-order valence-corrected chi connectivity index (χ0v) is 11.2. The maximum Gasteiger partial charge on any atom is 0.307 e. The fraction of sp³-hybridized carbons (Fsp3) is 0.417. The van der Waals surface area contributed by atoms with Gasteiger partial charge in [0.25, 0.3) is 0 Å². The van der Waals surface area contributed by atoms with Gasteiger partial charge in [0.05, 0.1) is 6.61 Å². The molecule has 1 fully saturated rings. The number of amides is 1. The van der Waals surface area contributed by atoms with Crippen LogP contribution in [-0.2, 0) is 26.4 Å². The molecule has 0 saturated carbocycles. The molecule has 1 aliphatic heterocycles. The van der Waals surface area contributed by atoms with Gasteiger partial charge in [0.15, 0.2) is 0 Å². The Kier molecular flexibility index (Phi) is 3.86. The van der Waals surface area contributed by atoms with Crippen molar-refractivity contribution in [1.29, 1.82) is 0 Å². The molecule has 1 aromatic rings. The van der Waals surface area contributed by atoms with Crippen molar-refractivity contribution < 1.29 is 21.8 Å². The third-order valence-electron chi connectivity index (χ3n) is 3.02. The van der Waals surface area contributed by atoms with Crippen molar-refractivity contribution in [2.24, 2.45) is 0 Å². The molecule has 0 aromatic heterocycles. The first-order chi connectivity index (χ1) is 8.91. The van der Waals surface area contributed by atoms with Gasteiger partial charge < -0.3 is 9.64 Å². The van der Waals surface area contributed by atoms with E-state index in [1.54, 1.807) is 25.3 Å². The highest BCUT2D eigenvalue weighted by Gasteiger charge is 2.39. The van der Waals surface area contributed by atoms with Gasteiger partial charge in [-0.15, -0.1) is 3.89 Å². The summed E-state index contributed by atoms with van der Waals surface area (Å²) in [7, 11) is -3.13. The van der Waals surface area contributed by atoms with Crippen LogP contribution in [0, 0.1) is 0 Å². The van der Waals surface area contributed by atoms with Crippen molar-refractivity contribution in [2.45, 2.75) is 18.3 Å². The Bertz CT molecular complexity index is 587. The fourth-order valence-corrected chi connectivity index (χ4v) is 2.76. The second-order valence-corrected chi connectivity index (χ2v) is 6.03. The van der Waals surface area contributed by atoms with Crippen molar-refractivity contribution in [2.75, 3.05) is 18.6 Å². The van der Waals surface area contributed by atoms with Crippen LogP contribution in [0.4, 0.5) is 9.57 Å². The van der Waals surface area contributed by atoms with E-state index < -0.39 is 15.5 Å². The number of hydrogen-bond donors (Lipinski definition) is 0. The van der Waals surface area contributed by atoms with E-state index in [1.807, 2.05) is 6.07 Å². The highest BCUT2D eigenvalue weighted by Crippen LogP contribution is 2.26. The smallest absolute Gasteiger partial charge is 0.307 e. The van der Waals surface area contributed by atoms with Crippen LogP contribution >= 0.6 is 0 Å². The normalized spacial score (nSPS) is 20.0. The van der Waals surface area contributed by atoms with Gasteiger partial charge in [0.1, 0.15) is 5.25 Å². The van der Waals surface area contributed by atoms with E-state index in [2.05, 4.69) is 0 Å². The molecule has 0 spiro atoms. The molecule has 0 N–H and O–H groups in total.